The molecule has 0 atom stereocenters. The Kier molecular flexibility index (Phi) is 8.74. The van der Waals surface area contributed by atoms with E-state index in [2.05, 4.69) is 9.97 Å². The van der Waals surface area contributed by atoms with Gasteiger partial charge in [0.25, 0.3) is 0 Å². The van der Waals surface area contributed by atoms with Gasteiger partial charge in [-0.3, -0.25) is 0 Å². The summed E-state index contributed by atoms with van der Waals surface area (Å²) in [6.07, 6.45) is 0. The molecule has 0 fully saturated rings. The smallest absolute Gasteiger partial charge is 0.872 e. The van der Waals surface area contributed by atoms with Gasteiger partial charge in [-0.25, -0.2) is 9.97 Å². The normalized spacial score (nSPS) is 9.91. The predicted octanol–water partition coefficient (Wildman–Crippen LogP) is 3.00. The van der Waals surface area contributed by atoms with Gasteiger partial charge in [0, 0.05) is 5.97 Å². The van der Waals surface area contributed by atoms with Crippen LogP contribution in [0.15, 0.2) is 72.8 Å². The van der Waals surface area contributed by atoms with Crippen molar-refractivity contribution in [2.24, 2.45) is 0 Å². The quantitative estimate of drug-likeness (QED) is 0.417. The van der Waals surface area contributed by atoms with Crippen molar-refractivity contribution in [1.29, 1.82) is 0 Å². The number of carboxylic acids is 1. The number of hydrogen-bond acceptors (Lipinski definition) is 6. The van der Waals surface area contributed by atoms with Gasteiger partial charge in [-0.15, -0.1) is 0 Å². The molecule has 0 amide bonds. The van der Waals surface area contributed by atoms with E-state index in [-0.39, 0.29) is 28.6 Å². The fourth-order valence-corrected chi connectivity index (χ4v) is 3.14. The Hall–Kier alpha value is -3.67. The van der Waals surface area contributed by atoms with Crippen molar-refractivity contribution in [3.63, 3.8) is 0 Å². The molecule has 0 aliphatic heterocycles. The summed E-state index contributed by atoms with van der Waals surface area (Å²) in [7, 11) is 0. The average molecular weight is 480 g/mol. The van der Waals surface area contributed by atoms with Gasteiger partial charge in [-0.05, 0) is 56.2 Å². The summed E-state index contributed by atoms with van der Waals surface area (Å²) in [5.74, 6) is -1.21. The first-order valence-corrected chi connectivity index (χ1v) is 9.93. The molecule has 4 rings (SSSR count). The molecule has 6 nitrogen and oxygen atoms in total. The van der Waals surface area contributed by atoms with Crippen LogP contribution >= 0.6 is 0 Å². The third kappa shape index (κ3) is 6.65. The van der Waals surface area contributed by atoms with Gasteiger partial charge in [0.1, 0.15) is 0 Å². The molecule has 0 saturated heterocycles. The second kappa shape index (κ2) is 11.3. The molecule has 0 N–H and O–H groups in total. The number of aliphatic carboxylic acids is 1. The molecular formula is C26H21MnN2O4. The molecule has 0 bridgehead atoms. The number of carbonyl (C=O) groups is 1. The van der Waals surface area contributed by atoms with Crippen LogP contribution in [0.4, 0.5) is 0 Å². The molecule has 2 aromatic carbocycles. The molecular weight excluding hydrogens is 459 g/mol. The van der Waals surface area contributed by atoms with E-state index in [1.165, 1.54) is 0 Å². The van der Waals surface area contributed by atoms with Crippen LogP contribution in [0, 0.1) is 13.8 Å². The number of carbonyl (C=O) groups excluding carboxylic acids is 1. The van der Waals surface area contributed by atoms with Gasteiger partial charge in [0.05, 0.1) is 22.8 Å². The maximum absolute atomic E-state index is 12.2. The van der Waals surface area contributed by atoms with Crippen LogP contribution in [0.1, 0.15) is 18.1 Å². The van der Waals surface area contributed by atoms with E-state index < -0.39 is 5.97 Å². The number of hydrogen-bond donors (Lipinski definition) is 0. The molecule has 0 unspecified atom stereocenters. The first kappa shape index (κ1) is 25.6. The second-order valence-corrected chi connectivity index (χ2v) is 7.31. The van der Waals surface area contributed by atoms with Crippen LogP contribution in [-0.2, 0) is 21.9 Å². The minimum Gasteiger partial charge on any atom is -0.872 e. The number of aromatic nitrogens is 2. The van der Waals surface area contributed by atoms with E-state index in [9.17, 15) is 10.2 Å². The van der Waals surface area contributed by atoms with Gasteiger partial charge in [0.2, 0.25) is 0 Å². The fraction of sp³-hybridized carbons (Fsp3) is 0.115. The average Bonchev–Trinajstić information content (AvgIpc) is 2.77. The summed E-state index contributed by atoms with van der Waals surface area (Å²) in [6, 6.07) is 21.5. The molecule has 2 heterocycles. The SMILES string of the molecule is CC(=O)[O-].Cc1ccc([O-])c(-c2cccc(-c3cccc(-c4cc(C)ccc4[O-])n3)n2)c1.[Mn+3]. The molecule has 0 aliphatic rings. The predicted molar refractivity (Wildman–Crippen MR) is 117 cm³/mol. The first-order chi connectivity index (χ1) is 15.2. The van der Waals surface area contributed by atoms with Crippen molar-refractivity contribution >= 4 is 5.97 Å². The Bertz CT molecular complexity index is 1180. The Labute approximate surface area is 203 Å². The Morgan fingerprint density at radius 3 is 1.36 bits per heavy atom. The topological polar surface area (TPSA) is 112 Å². The van der Waals surface area contributed by atoms with Crippen LogP contribution in [0.2, 0.25) is 0 Å². The summed E-state index contributed by atoms with van der Waals surface area (Å²) in [6.45, 7) is 4.86. The summed E-state index contributed by atoms with van der Waals surface area (Å²) in [5, 5.41) is 33.4. The van der Waals surface area contributed by atoms with E-state index in [0.717, 1.165) is 18.1 Å². The van der Waals surface area contributed by atoms with Gasteiger partial charge < -0.3 is 20.1 Å². The second-order valence-electron chi connectivity index (χ2n) is 7.31. The third-order valence-corrected chi connectivity index (χ3v) is 4.58. The minimum absolute atomic E-state index is 0. The van der Waals surface area contributed by atoms with Gasteiger partial charge in [-0.1, -0.05) is 71.2 Å². The maximum Gasteiger partial charge on any atom is 3.00 e. The van der Waals surface area contributed by atoms with Crippen LogP contribution in [0.25, 0.3) is 33.9 Å². The number of nitrogens with zero attached hydrogens (tertiary/aromatic N) is 2. The van der Waals surface area contributed by atoms with Crippen LogP contribution in [-0.4, -0.2) is 15.9 Å². The van der Waals surface area contributed by atoms with Gasteiger partial charge >= 0.3 is 17.1 Å². The number of benzene rings is 2. The standard InChI is InChI=1S/C24H20N2O2.C2H4O2.Mn/c1-15-9-11-23(27)17(13-15)19-5-3-7-21(25-19)22-8-4-6-20(26-22)18-14-16(2)10-12-24(18)28;1-2(3)4;/h3-14,27-28H,1-2H3;1H3,(H,3,4);/q;;+3/p-3. The molecule has 4 aromatic rings. The van der Waals surface area contributed by atoms with Crippen molar-refractivity contribution in [3.05, 3.63) is 83.9 Å². The van der Waals surface area contributed by atoms with Crippen LogP contribution in [0.5, 0.6) is 11.5 Å². The summed E-state index contributed by atoms with van der Waals surface area (Å²) >= 11 is 0. The maximum atomic E-state index is 12.2. The van der Waals surface area contributed by atoms with E-state index in [4.69, 9.17) is 9.90 Å². The van der Waals surface area contributed by atoms with Crippen molar-refractivity contribution < 1.29 is 37.2 Å². The van der Waals surface area contributed by atoms with Gasteiger partial charge in [0.15, 0.2) is 0 Å². The number of aryl methyl sites for hydroxylation is 2. The molecule has 2 aromatic heterocycles. The zero-order chi connectivity index (χ0) is 23.3. The molecule has 7 heteroatoms. The summed E-state index contributed by atoms with van der Waals surface area (Å²) in [5.41, 5.74) is 5.67. The van der Waals surface area contributed by atoms with Crippen molar-refractivity contribution in [3.8, 4) is 45.4 Å². The van der Waals surface area contributed by atoms with E-state index in [1.807, 2.05) is 62.4 Å². The number of carboxylic acid groups (broad SMARTS) is 1. The minimum atomic E-state index is -1.08. The molecule has 0 aliphatic carbocycles. The van der Waals surface area contributed by atoms with E-state index in [0.29, 0.717) is 33.9 Å². The van der Waals surface area contributed by atoms with Crippen molar-refractivity contribution in [2.45, 2.75) is 20.8 Å². The Morgan fingerprint density at radius 2 is 1.00 bits per heavy atom. The van der Waals surface area contributed by atoms with Crippen LogP contribution < -0.4 is 15.3 Å². The van der Waals surface area contributed by atoms with Gasteiger partial charge in [-0.2, -0.15) is 0 Å². The molecule has 0 radical (unpaired) electrons. The third-order valence-electron chi connectivity index (χ3n) is 4.58. The van der Waals surface area contributed by atoms with E-state index >= 15 is 0 Å². The Balaban J connectivity index is 0.000000714. The monoisotopic (exact) mass is 480 g/mol. The summed E-state index contributed by atoms with van der Waals surface area (Å²) < 4.78 is 0. The number of pyridine rings is 2. The van der Waals surface area contributed by atoms with Crippen molar-refractivity contribution in [1.82, 2.24) is 9.97 Å². The largest absolute Gasteiger partial charge is 3.00 e. The van der Waals surface area contributed by atoms with Crippen molar-refractivity contribution in [2.75, 3.05) is 0 Å². The zero-order valence-corrected chi connectivity index (χ0v) is 19.5. The number of rotatable bonds is 3. The van der Waals surface area contributed by atoms with Crippen LogP contribution in [0.3, 0.4) is 0 Å². The molecule has 33 heavy (non-hydrogen) atoms. The molecule has 0 spiro atoms. The fourth-order valence-electron chi connectivity index (χ4n) is 3.14. The Morgan fingerprint density at radius 1 is 0.667 bits per heavy atom. The molecule has 166 valence electrons. The first-order valence-electron chi connectivity index (χ1n) is 9.93. The molecule has 0 saturated carbocycles. The summed E-state index contributed by atoms with van der Waals surface area (Å²) in [4.78, 5) is 18.2. The van der Waals surface area contributed by atoms with E-state index in [1.54, 1.807) is 24.3 Å². The zero-order valence-electron chi connectivity index (χ0n) is 18.3.